The van der Waals surface area contributed by atoms with Gasteiger partial charge in [0.25, 0.3) is 0 Å². The summed E-state index contributed by atoms with van der Waals surface area (Å²) in [5.74, 6) is 0. The molecule has 0 fully saturated rings. The van der Waals surface area contributed by atoms with Crippen LogP contribution >= 0.6 is 11.8 Å². The van der Waals surface area contributed by atoms with Gasteiger partial charge < -0.3 is 4.74 Å². The van der Waals surface area contributed by atoms with Crippen LogP contribution in [-0.2, 0) is 11.2 Å². The molecular weight excluding hydrogens is 192 g/mol. The Morgan fingerprint density at radius 1 is 1.36 bits per heavy atom. The quantitative estimate of drug-likeness (QED) is 0.689. The Kier molecular flexibility index (Phi) is 5.05. The van der Waals surface area contributed by atoms with Crippen molar-refractivity contribution in [1.82, 2.24) is 0 Å². The van der Waals surface area contributed by atoms with Gasteiger partial charge in [0.05, 0.1) is 6.10 Å². The lowest BCUT2D eigenvalue weighted by atomic mass is 10.1. The van der Waals surface area contributed by atoms with E-state index < -0.39 is 0 Å². The molecule has 0 N–H and O–H groups in total. The van der Waals surface area contributed by atoms with Crippen molar-refractivity contribution in [3.05, 3.63) is 29.8 Å². The molecule has 1 nitrogen and oxygen atoms in total. The largest absolute Gasteiger partial charge is 0.378 e. The van der Waals surface area contributed by atoms with Crippen molar-refractivity contribution in [2.24, 2.45) is 0 Å². The van der Waals surface area contributed by atoms with Crippen LogP contribution in [0, 0.1) is 0 Å². The second-order valence-corrected chi connectivity index (χ2v) is 4.13. The summed E-state index contributed by atoms with van der Waals surface area (Å²) in [4.78, 5) is 1.36. The van der Waals surface area contributed by atoms with Crippen molar-refractivity contribution >= 4 is 11.8 Å². The zero-order chi connectivity index (χ0) is 10.4. The fourth-order valence-corrected chi connectivity index (χ4v) is 2.15. The van der Waals surface area contributed by atoms with Crippen LogP contribution in [-0.4, -0.2) is 19.0 Å². The number of rotatable bonds is 5. The molecule has 0 saturated carbocycles. The summed E-state index contributed by atoms with van der Waals surface area (Å²) in [5, 5.41) is 0. The summed E-state index contributed by atoms with van der Waals surface area (Å²) < 4.78 is 5.54. The van der Waals surface area contributed by atoms with Gasteiger partial charge in [-0.1, -0.05) is 18.2 Å². The molecule has 1 unspecified atom stereocenters. The summed E-state index contributed by atoms with van der Waals surface area (Å²) in [6.45, 7) is 4.96. The van der Waals surface area contributed by atoms with E-state index in [0.717, 1.165) is 13.0 Å². The zero-order valence-electron chi connectivity index (χ0n) is 9.12. The summed E-state index contributed by atoms with van der Waals surface area (Å²) in [5.41, 5.74) is 1.39. The van der Waals surface area contributed by atoms with E-state index in [4.69, 9.17) is 4.74 Å². The van der Waals surface area contributed by atoms with Crippen molar-refractivity contribution in [2.45, 2.75) is 31.3 Å². The molecular formula is C12H18OS. The SMILES string of the molecule is CCOC(C)Cc1ccccc1SC. The number of hydrogen-bond donors (Lipinski definition) is 0. The molecule has 0 aliphatic heterocycles. The monoisotopic (exact) mass is 210 g/mol. The van der Waals surface area contributed by atoms with E-state index >= 15 is 0 Å². The van der Waals surface area contributed by atoms with Crippen molar-refractivity contribution in [3.63, 3.8) is 0 Å². The lowest BCUT2D eigenvalue weighted by Crippen LogP contribution is -2.11. The smallest absolute Gasteiger partial charge is 0.0587 e. The molecule has 14 heavy (non-hydrogen) atoms. The predicted molar refractivity (Wildman–Crippen MR) is 63.0 cm³/mol. The third kappa shape index (κ3) is 3.35. The van der Waals surface area contributed by atoms with Gasteiger partial charge in [0, 0.05) is 11.5 Å². The number of thioether (sulfide) groups is 1. The van der Waals surface area contributed by atoms with Gasteiger partial charge in [0.1, 0.15) is 0 Å². The van der Waals surface area contributed by atoms with Crippen LogP contribution in [0.25, 0.3) is 0 Å². The maximum Gasteiger partial charge on any atom is 0.0587 e. The van der Waals surface area contributed by atoms with Crippen molar-refractivity contribution in [3.8, 4) is 0 Å². The average Bonchev–Trinajstić information content (AvgIpc) is 2.19. The van der Waals surface area contributed by atoms with Gasteiger partial charge >= 0.3 is 0 Å². The first kappa shape index (κ1) is 11.6. The molecule has 0 heterocycles. The maximum absolute atomic E-state index is 5.54. The molecule has 1 rings (SSSR count). The molecule has 0 aromatic heterocycles. The van der Waals surface area contributed by atoms with E-state index in [1.807, 2.05) is 6.92 Å². The van der Waals surface area contributed by atoms with Gasteiger partial charge in [0.2, 0.25) is 0 Å². The van der Waals surface area contributed by atoms with Crippen LogP contribution in [0.4, 0.5) is 0 Å². The number of ether oxygens (including phenoxy) is 1. The Morgan fingerprint density at radius 2 is 2.07 bits per heavy atom. The van der Waals surface area contributed by atoms with Crippen LogP contribution in [0.3, 0.4) is 0 Å². The van der Waals surface area contributed by atoms with Crippen LogP contribution in [0.15, 0.2) is 29.2 Å². The first-order chi connectivity index (χ1) is 6.77. The molecule has 0 amide bonds. The van der Waals surface area contributed by atoms with Gasteiger partial charge in [-0.2, -0.15) is 0 Å². The Hall–Kier alpha value is -0.470. The Balaban J connectivity index is 2.65. The second-order valence-electron chi connectivity index (χ2n) is 3.28. The topological polar surface area (TPSA) is 9.23 Å². The molecule has 0 spiro atoms. The molecule has 0 radical (unpaired) electrons. The third-order valence-corrected chi connectivity index (χ3v) is 2.99. The first-order valence-corrected chi connectivity index (χ1v) is 6.24. The Morgan fingerprint density at radius 3 is 2.71 bits per heavy atom. The number of hydrogen-bond acceptors (Lipinski definition) is 2. The predicted octanol–water partition coefficient (Wildman–Crippen LogP) is 3.38. The fraction of sp³-hybridized carbons (Fsp3) is 0.500. The minimum atomic E-state index is 0.313. The molecule has 78 valence electrons. The third-order valence-electron chi connectivity index (χ3n) is 2.15. The van der Waals surface area contributed by atoms with Gasteiger partial charge in [-0.25, -0.2) is 0 Å². The van der Waals surface area contributed by atoms with E-state index in [0.29, 0.717) is 6.10 Å². The molecule has 1 atom stereocenters. The minimum Gasteiger partial charge on any atom is -0.378 e. The van der Waals surface area contributed by atoms with Crippen LogP contribution in [0.1, 0.15) is 19.4 Å². The molecule has 0 bridgehead atoms. The zero-order valence-corrected chi connectivity index (χ0v) is 9.93. The lowest BCUT2D eigenvalue weighted by molar-refractivity contribution is 0.0764. The molecule has 1 aromatic carbocycles. The lowest BCUT2D eigenvalue weighted by Gasteiger charge is -2.13. The standard InChI is InChI=1S/C12H18OS/c1-4-13-10(2)9-11-7-5-6-8-12(11)14-3/h5-8,10H,4,9H2,1-3H3. The summed E-state index contributed by atoms with van der Waals surface area (Å²) >= 11 is 1.80. The second kappa shape index (κ2) is 6.10. The first-order valence-electron chi connectivity index (χ1n) is 5.01. The van der Waals surface area contributed by atoms with Gasteiger partial charge in [-0.05, 0) is 38.2 Å². The average molecular weight is 210 g/mol. The highest BCUT2D eigenvalue weighted by Gasteiger charge is 2.06. The Labute approximate surface area is 90.9 Å². The molecule has 0 aliphatic rings. The normalized spacial score (nSPS) is 12.8. The van der Waals surface area contributed by atoms with E-state index in [2.05, 4.69) is 37.4 Å². The maximum atomic E-state index is 5.54. The molecule has 0 saturated heterocycles. The van der Waals surface area contributed by atoms with Crippen molar-refractivity contribution in [2.75, 3.05) is 12.9 Å². The minimum absolute atomic E-state index is 0.313. The summed E-state index contributed by atoms with van der Waals surface area (Å²) in [6.07, 6.45) is 3.43. The highest BCUT2D eigenvalue weighted by molar-refractivity contribution is 7.98. The van der Waals surface area contributed by atoms with E-state index in [1.54, 1.807) is 11.8 Å². The molecule has 1 aromatic rings. The summed E-state index contributed by atoms with van der Waals surface area (Å²) in [6, 6.07) is 8.52. The van der Waals surface area contributed by atoms with Crippen molar-refractivity contribution in [1.29, 1.82) is 0 Å². The highest BCUT2D eigenvalue weighted by atomic mass is 32.2. The highest BCUT2D eigenvalue weighted by Crippen LogP contribution is 2.21. The molecule has 0 aliphatic carbocycles. The van der Waals surface area contributed by atoms with Crippen LogP contribution < -0.4 is 0 Å². The van der Waals surface area contributed by atoms with Crippen LogP contribution in [0.2, 0.25) is 0 Å². The van der Waals surface area contributed by atoms with E-state index in [-0.39, 0.29) is 0 Å². The van der Waals surface area contributed by atoms with Crippen molar-refractivity contribution < 1.29 is 4.74 Å². The Bertz CT molecular complexity index is 273. The van der Waals surface area contributed by atoms with E-state index in [1.165, 1.54) is 10.5 Å². The van der Waals surface area contributed by atoms with E-state index in [9.17, 15) is 0 Å². The van der Waals surface area contributed by atoms with Gasteiger partial charge in [-0.15, -0.1) is 11.8 Å². The fourth-order valence-electron chi connectivity index (χ4n) is 1.52. The van der Waals surface area contributed by atoms with Gasteiger partial charge in [0.15, 0.2) is 0 Å². The van der Waals surface area contributed by atoms with Gasteiger partial charge in [-0.3, -0.25) is 0 Å². The van der Waals surface area contributed by atoms with Crippen LogP contribution in [0.5, 0.6) is 0 Å². The number of benzene rings is 1. The summed E-state index contributed by atoms with van der Waals surface area (Å²) in [7, 11) is 0. The molecule has 2 heteroatoms.